The van der Waals surface area contributed by atoms with Gasteiger partial charge in [0.05, 0.1) is 12.1 Å². The van der Waals surface area contributed by atoms with Crippen LogP contribution in [0.15, 0.2) is 168 Å². The van der Waals surface area contributed by atoms with Gasteiger partial charge < -0.3 is 19.7 Å². The summed E-state index contributed by atoms with van der Waals surface area (Å²) < 4.78 is 15.7. The molecule has 4 bridgehead atoms. The van der Waals surface area contributed by atoms with Crippen LogP contribution in [0.5, 0.6) is 23.0 Å². The molecule has 10 rings (SSSR count). The molecule has 348 valence electrons. The number of carbonyl (C=O) groups excluding carboxylic acids is 2. The minimum Gasteiger partial charge on any atom is -0.503 e. The Bertz CT molecular complexity index is 2790. The Kier molecular flexibility index (Phi) is 12.9. The molecule has 4 aromatic carbocycles. The van der Waals surface area contributed by atoms with E-state index in [0.29, 0.717) is 26.3 Å². The lowest BCUT2D eigenvalue weighted by Gasteiger charge is -2.44. The largest absolute Gasteiger partial charge is 0.503 e. The number of Topliss-reactive ketones (excluding diaryl/α,β-unsaturated/α-hetero) is 2. The minimum atomic E-state index is -0.554. The molecular formula is C56H56N4O8. The van der Waals surface area contributed by atoms with E-state index in [1.807, 2.05) is 133 Å². The van der Waals surface area contributed by atoms with Gasteiger partial charge in [0, 0.05) is 60.6 Å². The highest BCUT2D eigenvalue weighted by Gasteiger charge is 2.44. The van der Waals surface area contributed by atoms with E-state index in [9.17, 15) is 29.4 Å². The van der Waals surface area contributed by atoms with Crippen LogP contribution in [0.3, 0.4) is 0 Å². The highest BCUT2D eigenvalue weighted by atomic mass is 16.5. The number of allylic oxidation sites excluding steroid dienone is 2. The zero-order valence-electron chi connectivity index (χ0n) is 38.6. The number of aromatic nitrogens is 2. The minimum absolute atomic E-state index is 0.0429. The van der Waals surface area contributed by atoms with Crippen molar-refractivity contribution in [3.05, 3.63) is 212 Å². The van der Waals surface area contributed by atoms with Crippen LogP contribution >= 0.6 is 0 Å². The van der Waals surface area contributed by atoms with Crippen LogP contribution in [-0.4, -0.2) is 57.4 Å². The van der Waals surface area contributed by atoms with Crippen LogP contribution in [0.1, 0.15) is 83.0 Å². The normalized spacial score (nSPS) is 22.9. The number of ether oxygens (including phenoxy) is 2. The van der Waals surface area contributed by atoms with Crippen molar-refractivity contribution < 1.29 is 29.3 Å². The molecule has 6 heterocycles. The van der Waals surface area contributed by atoms with E-state index in [1.54, 1.807) is 21.7 Å². The van der Waals surface area contributed by atoms with Gasteiger partial charge in [0.2, 0.25) is 10.9 Å². The van der Waals surface area contributed by atoms with E-state index < -0.39 is 34.2 Å². The number of pyridine rings is 2. The first-order valence-corrected chi connectivity index (χ1v) is 23.3. The van der Waals surface area contributed by atoms with E-state index >= 15 is 0 Å². The molecule has 68 heavy (non-hydrogen) atoms. The van der Waals surface area contributed by atoms with Crippen LogP contribution in [0.25, 0.3) is 0 Å². The Morgan fingerprint density at radius 1 is 0.500 bits per heavy atom. The summed E-state index contributed by atoms with van der Waals surface area (Å²) >= 11 is 0. The number of para-hydroxylation sites is 2. The highest BCUT2D eigenvalue weighted by molar-refractivity contribution is 6.01. The van der Waals surface area contributed by atoms with Gasteiger partial charge in [-0.25, -0.2) is 0 Å². The quantitative estimate of drug-likeness (QED) is 0.165. The monoisotopic (exact) mass is 912 g/mol. The standard InChI is InChI=1S/2C28H28N2O4/c2*1-18(2)20-12-8-16-34-24-13-7-6-11-21(24)25(19-9-4-3-5-10-19)30-17-22(20)27(32)26-28(33)23(31)14-15-29(26)30/h2*3-15,18,20,22,25,33H,16-17H2,1-2H3/b2*12-8+/t2*20-,22?,25+/m10/s1. The number of ketones is 2. The van der Waals surface area contributed by atoms with E-state index in [-0.39, 0.29) is 58.7 Å². The molecule has 4 aliphatic rings. The third-order valence-corrected chi connectivity index (χ3v) is 13.7. The second kappa shape index (κ2) is 19.3. The summed E-state index contributed by atoms with van der Waals surface area (Å²) in [5.41, 5.74) is 2.91. The molecule has 2 unspecified atom stereocenters. The molecule has 0 spiro atoms. The summed E-state index contributed by atoms with van der Waals surface area (Å²) in [6, 6.07) is 37.9. The van der Waals surface area contributed by atoms with Crippen molar-refractivity contribution >= 4 is 11.6 Å². The summed E-state index contributed by atoms with van der Waals surface area (Å²) in [7, 11) is 0. The van der Waals surface area contributed by atoms with Gasteiger partial charge in [-0.15, -0.1) is 0 Å². The second-order valence-electron chi connectivity index (χ2n) is 18.5. The third-order valence-electron chi connectivity index (χ3n) is 13.7. The summed E-state index contributed by atoms with van der Waals surface area (Å²) in [5, 5.41) is 25.7. The number of hydrogen-bond donors (Lipinski definition) is 2. The van der Waals surface area contributed by atoms with E-state index in [0.717, 1.165) is 33.8 Å². The summed E-state index contributed by atoms with van der Waals surface area (Å²) in [5.74, 6) is -0.595. The lowest BCUT2D eigenvalue weighted by Crippen LogP contribution is -2.52. The fourth-order valence-corrected chi connectivity index (χ4v) is 10.4. The highest BCUT2D eigenvalue weighted by Crippen LogP contribution is 2.42. The Hall–Kier alpha value is -7.60. The maximum atomic E-state index is 13.7. The van der Waals surface area contributed by atoms with Gasteiger partial charge in [-0.3, -0.25) is 38.5 Å². The number of hydrogen-bond acceptors (Lipinski definition) is 10. The first kappa shape index (κ1) is 45.6. The summed E-state index contributed by atoms with van der Waals surface area (Å²) in [6.45, 7) is 9.97. The molecular weight excluding hydrogens is 857 g/mol. The van der Waals surface area contributed by atoms with Crippen LogP contribution in [0.2, 0.25) is 0 Å². The van der Waals surface area contributed by atoms with Crippen molar-refractivity contribution in [1.82, 2.24) is 9.35 Å². The third kappa shape index (κ3) is 8.51. The molecule has 0 saturated heterocycles. The molecule has 0 saturated carbocycles. The lowest BCUT2D eigenvalue weighted by atomic mass is 9.78. The molecule has 0 aliphatic carbocycles. The number of aromatic hydroxyl groups is 2. The molecule has 0 radical (unpaired) electrons. The predicted molar refractivity (Wildman–Crippen MR) is 262 cm³/mol. The topological polar surface area (TPSA) is 144 Å². The average molecular weight is 913 g/mol. The second-order valence-corrected chi connectivity index (χ2v) is 18.5. The fraction of sp³-hybridized carbons (Fsp3) is 0.286. The molecule has 2 N–H and O–H groups in total. The van der Waals surface area contributed by atoms with E-state index in [1.165, 1.54) is 12.1 Å². The van der Waals surface area contributed by atoms with Crippen molar-refractivity contribution in [3.8, 4) is 23.0 Å². The Labute approximate surface area is 395 Å². The van der Waals surface area contributed by atoms with Crippen molar-refractivity contribution in [2.45, 2.75) is 39.8 Å². The molecule has 0 amide bonds. The van der Waals surface area contributed by atoms with Gasteiger partial charge in [-0.2, -0.15) is 0 Å². The summed E-state index contributed by atoms with van der Waals surface area (Å²) in [6.07, 6.45) is 11.2. The van der Waals surface area contributed by atoms with E-state index in [2.05, 4.69) is 37.7 Å². The van der Waals surface area contributed by atoms with Gasteiger partial charge >= 0.3 is 0 Å². The molecule has 12 nitrogen and oxygen atoms in total. The van der Waals surface area contributed by atoms with Gasteiger partial charge in [0.1, 0.15) is 24.7 Å². The van der Waals surface area contributed by atoms with Gasteiger partial charge in [-0.1, -0.05) is 149 Å². The van der Waals surface area contributed by atoms with Gasteiger partial charge in [0.25, 0.3) is 0 Å². The lowest BCUT2D eigenvalue weighted by molar-refractivity contribution is 0.0815. The Balaban J connectivity index is 0.000000170. The molecule has 0 fully saturated rings. The Morgan fingerprint density at radius 3 is 1.25 bits per heavy atom. The number of nitrogens with zero attached hydrogens (tertiary/aromatic N) is 4. The first-order chi connectivity index (χ1) is 32.9. The SMILES string of the molecule is CC(C)[C@@H]1/C=C/COc2ccccc2[C@@H](c2ccccc2)N2CC1C(=O)c1c(O)c(=O)ccn12.CC(C)[C@H]1/C=C/COc2ccccc2[C@H](c2ccccc2)N2CC1C(=O)c1c(O)c(=O)ccn12. The maximum absolute atomic E-state index is 13.7. The zero-order chi connectivity index (χ0) is 47.6. The van der Waals surface area contributed by atoms with Crippen LogP contribution in [0.4, 0.5) is 0 Å². The van der Waals surface area contributed by atoms with Crippen LogP contribution in [0, 0.1) is 35.5 Å². The van der Waals surface area contributed by atoms with Gasteiger partial charge in [-0.05, 0) is 46.9 Å². The predicted octanol–water partition coefficient (Wildman–Crippen LogP) is 8.63. The maximum Gasteiger partial charge on any atom is 0.224 e. The molecule has 12 heteroatoms. The van der Waals surface area contributed by atoms with Crippen LogP contribution < -0.4 is 30.3 Å². The van der Waals surface area contributed by atoms with Crippen molar-refractivity contribution in [2.24, 2.45) is 35.5 Å². The molecule has 2 aromatic heterocycles. The van der Waals surface area contributed by atoms with E-state index in [4.69, 9.17) is 9.47 Å². The average Bonchev–Trinajstić information content (AvgIpc) is 3.39. The molecule has 6 aromatic rings. The summed E-state index contributed by atoms with van der Waals surface area (Å²) in [4.78, 5) is 52.3. The number of carbonyl (C=O) groups is 2. The van der Waals surface area contributed by atoms with Crippen molar-refractivity contribution in [2.75, 3.05) is 36.3 Å². The molecule has 4 aliphatic heterocycles. The van der Waals surface area contributed by atoms with Gasteiger partial charge in [0.15, 0.2) is 34.5 Å². The van der Waals surface area contributed by atoms with Crippen LogP contribution in [-0.2, 0) is 0 Å². The van der Waals surface area contributed by atoms with Crippen molar-refractivity contribution in [1.29, 1.82) is 0 Å². The fourth-order valence-electron chi connectivity index (χ4n) is 10.4. The smallest absolute Gasteiger partial charge is 0.224 e. The molecule has 6 atom stereocenters. The first-order valence-electron chi connectivity index (χ1n) is 23.3. The zero-order valence-corrected chi connectivity index (χ0v) is 38.6. The Morgan fingerprint density at radius 2 is 0.868 bits per heavy atom. The van der Waals surface area contributed by atoms with Crippen molar-refractivity contribution in [3.63, 3.8) is 0 Å². The number of rotatable bonds is 4. The number of benzene rings is 4. The number of fused-ring (bicyclic) bond motifs is 10.